The Morgan fingerprint density at radius 2 is 1.83 bits per heavy atom. The van der Waals surface area contributed by atoms with Crippen LogP contribution in [-0.4, -0.2) is 62.9 Å². The number of hydrogen-bond acceptors (Lipinski definition) is 4. The van der Waals surface area contributed by atoms with Gasteiger partial charge in [0.05, 0.1) is 11.3 Å². The first-order chi connectivity index (χ1) is 13.9. The Morgan fingerprint density at radius 1 is 1.10 bits per heavy atom. The number of anilines is 1. The van der Waals surface area contributed by atoms with Crippen LogP contribution in [-0.2, 0) is 11.2 Å². The zero-order valence-corrected chi connectivity index (χ0v) is 18.1. The summed E-state index contributed by atoms with van der Waals surface area (Å²) in [6.07, 6.45) is 12.8. The highest BCUT2D eigenvalue weighted by molar-refractivity contribution is 6.10. The molecule has 3 aliphatic rings. The van der Waals surface area contributed by atoms with Gasteiger partial charge in [0.2, 0.25) is 0 Å². The predicted octanol–water partition coefficient (Wildman–Crippen LogP) is 3.42. The summed E-state index contributed by atoms with van der Waals surface area (Å²) < 4.78 is 0. The van der Waals surface area contributed by atoms with Gasteiger partial charge in [-0.1, -0.05) is 18.4 Å². The molecule has 4 heteroatoms. The second-order valence-electron chi connectivity index (χ2n) is 9.37. The first-order valence-electron chi connectivity index (χ1n) is 10.9. The van der Waals surface area contributed by atoms with Crippen molar-refractivity contribution in [3.63, 3.8) is 0 Å². The molecular formula is C25H33N3O. The van der Waals surface area contributed by atoms with Gasteiger partial charge < -0.3 is 14.7 Å². The number of nitrogens with zero attached hydrogens (tertiary/aromatic N) is 3. The van der Waals surface area contributed by atoms with E-state index in [4.69, 9.17) is 6.42 Å². The molecule has 1 saturated heterocycles. The third-order valence-corrected chi connectivity index (χ3v) is 7.24. The number of rotatable bonds is 5. The molecule has 0 N–H and O–H groups in total. The van der Waals surface area contributed by atoms with Gasteiger partial charge in [0, 0.05) is 50.9 Å². The van der Waals surface area contributed by atoms with Gasteiger partial charge in [-0.15, -0.1) is 6.42 Å². The van der Waals surface area contributed by atoms with Crippen LogP contribution in [0.4, 0.5) is 5.69 Å². The number of carbonyl (C=O) groups is 1. The molecule has 4 rings (SSSR count). The lowest BCUT2D eigenvalue weighted by Crippen LogP contribution is -2.43. The van der Waals surface area contributed by atoms with Crippen LogP contribution in [0.15, 0.2) is 23.8 Å². The van der Waals surface area contributed by atoms with Crippen LogP contribution in [0.3, 0.4) is 0 Å². The average Bonchev–Trinajstić information content (AvgIpc) is 2.69. The van der Waals surface area contributed by atoms with E-state index < -0.39 is 0 Å². The van der Waals surface area contributed by atoms with Crippen molar-refractivity contribution in [1.29, 1.82) is 0 Å². The van der Waals surface area contributed by atoms with E-state index in [1.807, 2.05) is 0 Å². The van der Waals surface area contributed by atoms with Crippen LogP contribution in [0.1, 0.15) is 43.2 Å². The third kappa shape index (κ3) is 3.81. The standard InChI is InChI=1S/C25H33N3O/c1-5-21-23(29)17-19-7-8-20(27(4)16-15-26(2)3)18-22(19)24(21)28-13-11-25(12-14-28)9-6-10-25/h1,7-8,18H,6,9-17H2,2-4H3. The van der Waals surface area contributed by atoms with Gasteiger partial charge >= 0.3 is 0 Å². The van der Waals surface area contributed by atoms with Crippen molar-refractivity contribution in [2.45, 2.75) is 38.5 Å². The maximum atomic E-state index is 12.8. The first kappa shape index (κ1) is 20.0. The molecule has 4 nitrogen and oxygen atoms in total. The molecule has 2 aliphatic carbocycles. The van der Waals surface area contributed by atoms with Crippen LogP contribution >= 0.6 is 0 Å². The van der Waals surface area contributed by atoms with Crippen LogP contribution in [0.2, 0.25) is 0 Å². The Labute approximate surface area is 175 Å². The normalized spacial score (nSPS) is 20.5. The largest absolute Gasteiger partial charge is 0.373 e. The zero-order valence-electron chi connectivity index (χ0n) is 18.1. The van der Waals surface area contributed by atoms with Crippen molar-refractivity contribution in [2.75, 3.05) is 52.2 Å². The Hall–Kier alpha value is -2.25. The van der Waals surface area contributed by atoms with E-state index in [2.05, 4.69) is 60.0 Å². The lowest BCUT2D eigenvalue weighted by molar-refractivity contribution is -0.114. The molecule has 1 aromatic rings. The van der Waals surface area contributed by atoms with Crippen molar-refractivity contribution >= 4 is 17.2 Å². The van der Waals surface area contributed by atoms with Crippen LogP contribution < -0.4 is 4.90 Å². The Balaban J connectivity index is 1.65. The predicted molar refractivity (Wildman–Crippen MR) is 120 cm³/mol. The number of fused-ring (bicyclic) bond motifs is 1. The average molecular weight is 392 g/mol. The summed E-state index contributed by atoms with van der Waals surface area (Å²) in [4.78, 5) is 19.7. The molecule has 2 fully saturated rings. The summed E-state index contributed by atoms with van der Waals surface area (Å²) >= 11 is 0. The van der Waals surface area contributed by atoms with Crippen molar-refractivity contribution in [3.8, 4) is 12.3 Å². The van der Waals surface area contributed by atoms with Gasteiger partial charge in [0.15, 0.2) is 5.78 Å². The summed E-state index contributed by atoms with van der Waals surface area (Å²) in [5.74, 6) is 2.84. The number of carbonyl (C=O) groups excluding carboxylic acids is 1. The third-order valence-electron chi connectivity index (χ3n) is 7.24. The highest BCUT2D eigenvalue weighted by atomic mass is 16.1. The van der Waals surface area contributed by atoms with Crippen LogP contribution in [0.5, 0.6) is 0 Å². The molecule has 1 heterocycles. The number of hydrogen-bond donors (Lipinski definition) is 0. The fourth-order valence-corrected chi connectivity index (χ4v) is 5.04. The van der Waals surface area contributed by atoms with Crippen LogP contribution in [0, 0.1) is 17.8 Å². The fraction of sp³-hybridized carbons (Fsp3) is 0.560. The molecule has 0 bridgehead atoms. The van der Waals surface area contributed by atoms with E-state index in [0.29, 0.717) is 17.4 Å². The molecule has 1 aliphatic heterocycles. The monoisotopic (exact) mass is 391 g/mol. The van der Waals surface area contributed by atoms with E-state index in [1.54, 1.807) is 0 Å². The maximum Gasteiger partial charge on any atom is 0.177 e. The molecule has 0 unspecified atom stereocenters. The van der Waals surface area contributed by atoms with E-state index in [9.17, 15) is 4.79 Å². The summed E-state index contributed by atoms with van der Waals surface area (Å²) in [6.45, 7) is 3.97. The second-order valence-corrected chi connectivity index (χ2v) is 9.37. The minimum absolute atomic E-state index is 0.0904. The number of Topliss-reactive ketones (excluding diaryl/α,β-unsaturated/α-hetero) is 1. The number of benzene rings is 1. The van der Waals surface area contributed by atoms with E-state index in [-0.39, 0.29) is 5.78 Å². The van der Waals surface area contributed by atoms with Gasteiger partial charge in [-0.3, -0.25) is 4.79 Å². The lowest BCUT2D eigenvalue weighted by atomic mass is 9.63. The Morgan fingerprint density at radius 3 is 2.41 bits per heavy atom. The van der Waals surface area contributed by atoms with Gasteiger partial charge in [-0.05, 0) is 62.9 Å². The lowest BCUT2D eigenvalue weighted by Gasteiger charge is -2.49. The van der Waals surface area contributed by atoms with Crippen molar-refractivity contribution in [3.05, 3.63) is 34.9 Å². The molecule has 0 aromatic heterocycles. The molecule has 29 heavy (non-hydrogen) atoms. The maximum absolute atomic E-state index is 12.8. The molecule has 154 valence electrons. The summed E-state index contributed by atoms with van der Waals surface area (Å²) in [5, 5.41) is 0. The summed E-state index contributed by atoms with van der Waals surface area (Å²) in [7, 11) is 6.32. The van der Waals surface area contributed by atoms with Gasteiger partial charge in [0.1, 0.15) is 0 Å². The van der Waals surface area contributed by atoms with Crippen molar-refractivity contribution in [1.82, 2.24) is 9.80 Å². The highest BCUT2D eigenvalue weighted by Crippen LogP contribution is 2.50. The van der Waals surface area contributed by atoms with Crippen molar-refractivity contribution < 1.29 is 4.79 Å². The molecule has 0 amide bonds. The van der Waals surface area contributed by atoms with Gasteiger partial charge in [-0.25, -0.2) is 0 Å². The summed E-state index contributed by atoms with van der Waals surface area (Å²) in [5.41, 5.74) is 5.62. The van der Waals surface area contributed by atoms with Crippen LogP contribution in [0.25, 0.3) is 5.70 Å². The number of likely N-dealkylation sites (tertiary alicyclic amines) is 1. The number of ketones is 1. The molecule has 1 spiro atoms. The van der Waals surface area contributed by atoms with Gasteiger partial charge in [0.25, 0.3) is 0 Å². The van der Waals surface area contributed by atoms with Gasteiger partial charge in [-0.2, -0.15) is 0 Å². The number of piperidine rings is 1. The molecular weight excluding hydrogens is 358 g/mol. The number of likely N-dealkylation sites (N-methyl/N-ethyl adjacent to an activating group) is 2. The Bertz CT molecular complexity index is 863. The minimum Gasteiger partial charge on any atom is -0.373 e. The number of terminal acetylenes is 1. The smallest absolute Gasteiger partial charge is 0.177 e. The van der Waals surface area contributed by atoms with E-state index in [1.165, 1.54) is 37.8 Å². The van der Waals surface area contributed by atoms with E-state index in [0.717, 1.165) is 43.0 Å². The number of allylic oxidation sites excluding steroid dienone is 1. The van der Waals surface area contributed by atoms with Crippen molar-refractivity contribution in [2.24, 2.45) is 5.41 Å². The molecule has 1 saturated carbocycles. The highest BCUT2D eigenvalue weighted by Gasteiger charge is 2.41. The quantitative estimate of drug-likeness (QED) is 0.719. The SMILES string of the molecule is C#CC1=C(N2CCC3(CCC3)CC2)c2cc(N(C)CCN(C)C)ccc2CC1=O. The fourth-order valence-electron chi connectivity index (χ4n) is 5.04. The second kappa shape index (κ2) is 7.88. The molecule has 1 aromatic carbocycles. The topological polar surface area (TPSA) is 26.8 Å². The minimum atomic E-state index is 0.0904. The Kier molecular flexibility index (Phi) is 5.44. The van der Waals surface area contributed by atoms with E-state index >= 15 is 0 Å². The molecule has 0 atom stereocenters. The summed E-state index contributed by atoms with van der Waals surface area (Å²) in [6, 6.07) is 6.51. The molecule has 0 radical (unpaired) electrons. The first-order valence-corrected chi connectivity index (χ1v) is 10.9. The zero-order chi connectivity index (χ0) is 20.6.